The van der Waals surface area contributed by atoms with E-state index in [0.29, 0.717) is 0 Å². The van der Waals surface area contributed by atoms with Gasteiger partial charge in [-0.3, -0.25) is 0 Å². The minimum Gasteiger partial charge on any atom is -0.497 e. The first-order valence-electron chi connectivity index (χ1n) is 4.81. The number of aliphatic hydroxyl groups excluding tert-OH is 1. The highest BCUT2D eigenvalue weighted by atomic mass is 16.5. The van der Waals surface area contributed by atoms with Crippen molar-refractivity contribution in [2.75, 3.05) is 19.0 Å². The van der Waals surface area contributed by atoms with Gasteiger partial charge in [0.2, 0.25) is 0 Å². The van der Waals surface area contributed by atoms with E-state index in [1.165, 1.54) is 0 Å². The molecule has 2 N–H and O–H groups in total. The molecule has 0 aliphatic rings. The molecule has 78 valence electrons. The van der Waals surface area contributed by atoms with Crippen LogP contribution >= 0.6 is 0 Å². The van der Waals surface area contributed by atoms with Gasteiger partial charge in [0.15, 0.2) is 0 Å². The molecule has 3 nitrogen and oxygen atoms in total. The smallest absolute Gasteiger partial charge is 0.119 e. The van der Waals surface area contributed by atoms with Gasteiger partial charge in [-0.15, -0.1) is 0 Å². The Morgan fingerprint density at radius 3 is 2.43 bits per heavy atom. The van der Waals surface area contributed by atoms with Gasteiger partial charge in [-0.05, 0) is 30.7 Å². The predicted octanol–water partition coefficient (Wildman–Crippen LogP) is 1.88. The minimum absolute atomic E-state index is 0.128. The molecule has 1 aromatic carbocycles. The van der Waals surface area contributed by atoms with Crippen molar-refractivity contribution in [3.63, 3.8) is 0 Å². The zero-order valence-corrected chi connectivity index (χ0v) is 8.66. The Balaban J connectivity index is 2.58. The van der Waals surface area contributed by atoms with E-state index in [1.807, 2.05) is 31.2 Å². The van der Waals surface area contributed by atoms with E-state index in [0.717, 1.165) is 17.9 Å². The topological polar surface area (TPSA) is 41.5 Å². The van der Waals surface area contributed by atoms with E-state index in [-0.39, 0.29) is 12.6 Å². The fourth-order valence-corrected chi connectivity index (χ4v) is 1.20. The van der Waals surface area contributed by atoms with Crippen LogP contribution < -0.4 is 10.1 Å². The number of hydrogen-bond donors (Lipinski definition) is 2. The van der Waals surface area contributed by atoms with Crippen molar-refractivity contribution in [1.29, 1.82) is 0 Å². The lowest BCUT2D eigenvalue weighted by molar-refractivity contribution is 0.272. The number of anilines is 1. The molecule has 0 radical (unpaired) electrons. The van der Waals surface area contributed by atoms with Crippen LogP contribution in [-0.4, -0.2) is 24.9 Å². The Morgan fingerprint density at radius 1 is 1.36 bits per heavy atom. The van der Waals surface area contributed by atoms with Crippen LogP contribution in [0.3, 0.4) is 0 Å². The normalized spacial score (nSPS) is 12.2. The highest BCUT2D eigenvalue weighted by Crippen LogP contribution is 2.16. The molecule has 0 aliphatic heterocycles. The molecule has 0 amide bonds. The third-order valence-corrected chi connectivity index (χ3v) is 2.17. The van der Waals surface area contributed by atoms with Crippen molar-refractivity contribution in [3.05, 3.63) is 24.3 Å². The summed E-state index contributed by atoms with van der Waals surface area (Å²) in [6.07, 6.45) is 0.905. The highest BCUT2D eigenvalue weighted by Gasteiger charge is 2.03. The first kappa shape index (κ1) is 10.9. The summed E-state index contributed by atoms with van der Waals surface area (Å²) in [4.78, 5) is 0. The van der Waals surface area contributed by atoms with E-state index in [1.54, 1.807) is 7.11 Å². The van der Waals surface area contributed by atoms with E-state index < -0.39 is 0 Å². The van der Waals surface area contributed by atoms with Gasteiger partial charge >= 0.3 is 0 Å². The molecule has 14 heavy (non-hydrogen) atoms. The second kappa shape index (κ2) is 5.50. The van der Waals surface area contributed by atoms with Crippen LogP contribution in [-0.2, 0) is 0 Å². The second-order valence-electron chi connectivity index (χ2n) is 3.16. The molecule has 1 rings (SSSR count). The fourth-order valence-electron chi connectivity index (χ4n) is 1.20. The Morgan fingerprint density at radius 2 is 2.00 bits per heavy atom. The largest absolute Gasteiger partial charge is 0.497 e. The quantitative estimate of drug-likeness (QED) is 0.753. The van der Waals surface area contributed by atoms with Gasteiger partial charge in [0.25, 0.3) is 0 Å². The van der Waals surface area contributed by atoms with Crippen LogP contribution in [0.5, 0.6) is 5.75 Å². The van der Waals surface area contributed by atoms with Crippen molar-refractivity contribution in [2.24, 2.45) is 0 Å². The van der Waals surface area contributed by atoms with Crippen LogP contribution in [0.25, 0.3) is 0 Å². The zero-order chi connectivity index (χ0) is 10.4. The lowest BCUT2D eigenvalue weighted by Crippen LogP contribution is -2.22. The standard InChI is InChI=1S/C11H17NO2/c1-3-9(8-13)12-10-4-6-11(14-2)7-5-10/h4-7,9,12-13H,3,8H2,1-2H3/t9-/m0/s1. The number of rotatable bonds is 5. The zero-order valence-electron chi connectivity index (χ0n) is 8.66. The Labute approximate surface area is 84.7 Å². The summed E-state index contributed by atoms with van der Waals surface area (Å²) in [6, 6.07) is 7.80. The number of ether oxygens (including phenoxy) is 1. The molecular formula is C11H17NO2. The van der Waals surface area contributed by atoms with Crippen molar-refractivity contribution in [2.45, 2.75) is 19.4 Å². The minimum atomic E-state index is 0.128. The molecule has 0 aliphatic carbocycles. The van der Waals surface area contributed by atoms with Crippen molar-refractivity contribution >= 4 is 5.69 Å². The number of aliphatic hydroxyl groups is 1. The van der Waals surface area contributed by atoms with E-state index in [4.69, 9.17) is 9.84 Å². The molecule has 0 aromatic heterocycles. The molecule has 0 spiro atoms. The van der Waals surface area contributed by atoms with Gasteiger partial charge in [0.1, 0.15) is 5.75 Å². The summed E-state index contributed by atoms with van der Waals surface area (Å²) in [7, 11) is 1.64. The summed E-state index contributed by atoms with van der Waals surface area (Å²) in [5, 5.41) is 12.2. The lowest BCUT2D eigenvalue weighted by atomic mass is 10.2. The number of benzene rings is 1. The first-order valence-corrected chi connectivity index (χ1v) is 4.81. The van der Waals surface area contributed by atoms with Crippen LogP contribution in [0.2, 0.25) is 0 Å². The number of methoxy groups -OCH3 is 1. The Bertz CT molecular complexity index is 254. The number of nitrogens with one attached hydrogen (secondary N) is 1. The maximum Gasteiger partial charge on any atom is 0.119 e. The summed E-state index contributed by atoms with van der Waals surface area (Å²) in [6.45, 7) is 2.19. The van der Waals surface area contributed by atoms with Crippen LogP contribution in [0.15, 0.2) is 24.3 Å². The van der Waals surface area contributed by atoms with E-state index in [2.05, 4.69) is 5.32 Å². The average Bonchev–Trinajstić information content (AvgIpc) is 2.26. The van der Waals surface area contributed by atoms with Gasteiger partial charge in [0.05, 0.1) is 13.7 Å². The van der Waals surface area contributed by atoms with Gasteiger partial charge in [-0.2, -0.15) is 0 Å². The maximum atomic E-state index is 9.00. The Kier molecular flexibility index (Phi) is 4.26. The van der Waals surface area contributed by atoms with E-state index in [9.17, 15) is 0 Å². The second-order valence-corrected chi connectivity index (χ2v) is 3.16. The molecule has 0 unspecified atom stereocenters. The molecule has 1 atom stereocenters. The SMILES string of the molecule is CC[C@@H](CO)Nc1ccc(OC)cc1. The van der Waals surface area contributed by atoms with Gasteiger partial charge in [-0.1, -0.05) is 6.92 Å². The van der Waals surface area contributed by atoms with Gasteiger partial charge in [-0.25, -0.2) is 0 Å². The van der Waals surface area contributed by atoms with Gasteiger partial charge < -0.3 is 15.2 Å². The average molecular weight is 195 g/mol. The predicted molar refractivity (Wildman–Crippen MR) is 57.8 cm³/mol. The van der Waals surface area contributed by atoms with Crippen LogP contribution in [0, 0.1) is 0 Å². The molecule has 0 bridgehead atoms. The molecule has 0 heterocycles. The van der Waals surface area contributed by atoms with E-state index >= 15 is 0 Å². The highest BCUT2D eigenvalue weighted by molar-refractivity contribution is 5.47. The summed E-state index contributed by atoms with van der Waals surface area (Å²) < 4.78 is 5.05. The Hall–Kier alpha value is -1.22. The van der Waals surface area contributed by atoms with Crippen LogP contribution in [0.4, 0.5) is 5.69 Å². The number of hydrogen-bond acceptors (Lipinski definition) is 3. The fraction of sp³-hybridized carbons (Fsp3) is 0.455. The molecule has 1 aromatic rings. The monoisotopic (exact) mass is 195 g/mol. The van der Waals surface area contributed by atoms with Crippen molar-refractivity contribution < 1.29 is 9.84 Å². The summed E-state index contributed by atoms with van der Waals surface area (Å²) in [5.74, 6) is 0.840. The van der Waals surface area contributed by atoms with Gasteiger partial charge in [0, 0.05) is 11.7 Å². The first-order chi connectivity index (χ1) is 6.80. The van der Waals surface area contributed by atoms with Crippen LogP contribution in [0.1, 0.15) is 13.3 Å². The molecule has 0 fully saturated rings. The third-order valence-electron chi connectivity index (χ3n) is 2.17. The third kappa shape index (κ3) is 2.92. The molecule has 3 heteroatoms. The summed E-state index contributed by atoms with van der Waals surface area (Å²) in [5.41, 5.74) is 1.01. The molecule has 0 saturated heterocycles. The summed E-state index contributed by atoms with van der Waals surface area (Å²) >= 11 is 0. The molecular weight excluding hydrogens is 178 g/mol. The van der Waals surface area contributed by atoms with Crippen molar-refractivity contribution in [3.8, 4) is 5.75 Å². The van der Waals surface area contributed by atoms with Crippen molar-refractivity contribution in [1.82, 2.24) is 0 Å². The maximum absolute atomic E-state index is 9.00. The lowest BCUT2D eigenvalue weighted by Gasteiger charge is -2.15. The molecule has 0 saturated carbocycles.